The third-order valence-corrected chi connectivity index (χ3v) is 5.15. The van der Waals surface area contributed by atoms with Crippen molar-refractivity contribution in [2.75, 3.05) is 25.1 Å². The maximum absolute atomic E-state index is 11.4. The van der Waals surface area contributed by atoms with Gasteiger partial charge in [0.25, 0.3) is 0 Å². The van der Waals surface area contributed by atoms with Crippen molar-refractivity contribution in [2.45, 2.75) is 18.8 Å². The molecule has 1 fully saturated rings. The predicted molar refractivity (Wildman–Crippen MR) is 102 cm³/mol. The van der Waals surface area contributed by atoms with Crippen molar-refractivity contribution in [3.63, 3.8) is 0 Å². The van der Waals surface area contributed by atoms with Crippen LogP contribution in [0.5, 0.6) is 0 Å². The Bertz CT molecular complexity index is 1010. The van der Waals surface area contributed by atoms with Crippen molar-refractivity contribution in [2.24, 2.45) is 7.05 Å². The number of carbonyl (C=O) groups excluding carboxylic acids is 1. The molecule has 1 atom stereocenters. The van der Waals surface area contributed by atoms with Crippen LogP contribution in [0.1, 0.15) is 19.0 Å². The third kappa shape index (κ3) is 3.09. The fourth-order valence-electron chi connectivity index (χ4n) is 3.63. The van der Waals surface area contributed by atoms with Crippen molar-refractivity contribution in [3.05, 3.63) is 42.4 Å². The van der Waals surface area contributed by atoms with Gasteiger partial charge in [-0.25, -0.2) is 4.98 Å². The van der Waals surface area contributed by atoms with E-state index in [0.29, 0.717) is 19.0 Å². The van der Waals surface area contributed by atoms with E-state index in [0.717, 1.165) is 34.3 Å². The molecule has 4 rings (SSSR count). The number of aryl methyl sites for hydroxylation is 1. The zero-order valence-electron chi connectivity index (χ0n) is 15.4. The van der Waals surface area contributed by atoms with E-state index in [2.05, 4.69) is 10.3 Å². The van der Waals surface area contributed by atoms with E-state index in [4.69, 9.17) is 9.72 Å². The molecule has 0 aliphatic carbocycles. The number of amides is 1. The first-order chi connectivity index (χ1) is 13.0. The number of hydrogen-bond acceptors (Lipinski definition) is 5. The second-order valence-electron chi connectivity index (χ2n) is 7.07. The summed E-state index contributed by atoms with van der Waals surface area (Å²) < 4.78 is 7.52. The van der Waals surface area contributed by atoms with Crippen molar-refractivity contribution in [1.29, 1.82) is 0 Å². The Morgan fingerprint density at radius 2 is 2.30 bits per heavy atom. The number of pyridine rings is 2. The fraction of sp³-hybridized carbons (Fsp3) is 0.350. The number of aliphatic hydroxyl groups excluding tert-OH is 1. The first-order valence-electron chi connectivity index (χ1n) is 8.92. The summed E-state index contributed by atoms with van der Waals surface area (Å²) in [4.78, 5) is 20.5. The molecule has 0 bridgehead atoms. The van der Waals surface area contributed by atoms with Crippen LogP contribution >= 0.6 is 0 Å². The van der Waals surface area contributed by atoms with Gasteiger partial charge in [0.2, 0.25) is 5.91 Å². The van der Waals surface area contributed by atoms with Gasteiger partial charge in [0.1, 0.15) is 5.82 Å². The zero-order chi connectivity index (χ0) is 19.0. The molecule has 1 unspecified atom stereocenters. The Morgan fingerprint density at radius 1 is 1.44 bits per heavy atom. The smallest absolute Gasteiger partial charge is 0.222 e. The molecule has 1 saturated heterocycles. The number of aromatic nitrogens is 3. The minimum absolute atomic E-state index is 0.00951. The van der Waals surface area contributed by atoms with Gasteiger partial charge >= 0.3 is 0 Å². The van der Waals surface area contributed by atoms with Crippen LogP contribution in [0.4, 0.5) is 5.82 Å². The average molecular weight is 366 g/mol. The van der Waals surface area contributed by atoms with Crippen LogP contribution < -0.4 is 5.32 Å². The quantitative estimate of drug-likeness (QED) is 0.739. The molecule has 2 N–H and O–H groups in total. The molecular weight excluding hydrogens is 344 g/mol. The van der Waals surface area contributed by atoms with Gasteiger partial charge in [0, 0.05) is 37.7 Å². The van der Waals surface area contributed by atoms with E-state index in [-0.39, 0.29) is 12.5 Å². The summed E-state index contributed by atoms with van der Waals surface area (Å²) in [6.07, 6.45) is 4.51. The van der Waals surface area contributed by atoms with E-state index in [1.54, 1.807) is 6.20 Å². The third-order valence-electron chi connectivity index (χ3n) is 5.15. The summed E-state index contributed by atoms with van der Waals surface area (Å²) in [6.45, 7) is 2.58. The summed E-state index contributed by atoms with van der Waals surface area (Å²) >= 11 is 0. The topological polar surface area (TPSA) is 89.3 Å². The highest BCUT2D eigenvalue weighted by molar-refractivity contribution is 5.98. The van der Waals surface area contributed by atoms with Crippen LogP contribution in [0.25, 0.3) is 22.2 Å². The highest BCUT2D eigenvalue weighted by atomic mass is 16.5. The van der Waals surface area contributed by atoms with Crippen LogP contribution in [-0.4, -0.2) is 45.4 Å². The summed E-state index contributed by atoms with van der Waals surface area (Å²) in [7, 11) is 1.95. The lowest BCUT2D eigenvalue weighted by Gasteiger charge is -2.24. The molecule has 7 nitrogen and oxygen atoms in total. The Balaban J connectivity index is 1.82. The number of rotatable bonds is 4. The van der Waals surface area contributed by atoms with Crippen molar-refractivity contribution in [1.82, 2.24) is 14.5 Å². The molecule has 0 saturated carbocycles. The molecule has 27 heavy (non-hydrogen) atoms. The molecule has 0 aromatic carbocycles. The van der Waals surface area contributed by atoms with Gasteiger partial charge in [-0.05, 0) is 24.6 Å². The van der Waals surface area contributed by atoms with Gasteiger partial charge in [0.15, 0.2) is 0 Å². The van der Waals surface area contributed by atoms with Crippen molar-refractivity contribution < 1.29 is 14.6 Å². The fourth-order valence-corrected chi connectivity index (χ4v) is 3.63. The van der Waals surface area contributed by atoms with Crippen LogP contribution in [0, 0.1) is 0 Å². The second kappa shape index (κ2) is 6.75. The number of nitrogens with one attached hydrogen (secondary N) is 1. The SMILES string of the molecule is CC(=O)Nc1cc2c(-c3cccc(C4(CO)CCOC4)n3)cn(C)c2cn1. The second-order valence-corrected chi connectivity index (χ2v) is 7.07. The lowest BCUT2D eigenvalue weighted by molar-refractivity contribution is -0.114. The van der Waals surface area contributed by atoms with Gasteiger partial charge in [0.05, 0.1) is 41.7 Å². The Hall–Kier alpha value is -2.77. The van der Waals surface area contributed by atoms with Gasteiger partial charge in [-0.1, -0.05) is 6.07 Å². The van der Waals surface area contributed by atoms with E-state index in [1.165, 1.54) is 6.92 Å². The van der Waals surface area contributed by atoms with Gasteiger partial charge in [-0.3, -0.25) is 9.78 Å². The maximum Gasteiger partial charge on any atom is 0.222 e. The van der Waals surface area contributed by atoms with E-state index in [9.17, 15) is 9.90 Å². The summed E-state index contributed by atoms with van der Waals surface area (Å²) in [6, 6.07) is 7.73. The summed E-state index contributed by atoms with van der Waals surface area (Å²) in [5, 5.41) is 13.6. The van der Waals surface area contributed by atoms with Crippen LogP contribution in [0.3, 0.4) is 0 Å². The highest BCUT2D eigenvalue weighted by Gasteiger charge is 2.37. The number of ether oxygens (including phenoxy) is 1. The van der Waals surface area contributed by atoms with E-state index >= 15 is 0 Å². The maximum atomic E-state index is 11.4. The molecule has 1 aliphatic heterocycles. The van der Waals surface area contributed by atoms with Gasteiger partial charge in [-0.2, -0.15) is 0 Å². The Labute approximate surface area is 157 Å². The Morgan fingerprint density at radius 3 is 3.00 bits per heavy atom. The van der Waals surface area contributed by atoms with Crippen molar-refractivity contribution >= 4 is 22.6 Å². The van der Waals surface area contributed by atoms with Gasteiger partial charge < -0.3 is 19.7 Å². The van der Waals surface area contributed by atoms with E-state index < -0.39 is 5.41 Å². The molecule has 3 aromatic heterocycles. The number of nitrogens with zero attached hydrogens (tertiary/aromatic N) is 3. The first kappa shape index (κ1) is 17.6. The summed E-state index contributed by atoms with van der Waals surface area (Å²) in [5.74, 6) is 0.347. The van der Waals surface area contributed by atoms with Crippen molar-refractivity contribution in [3.8, 4) is 11.3 Å². The number of fused-ring (bicyclic) bond motifs is 1. The monoisotopic (exact) mass is 366 g/mol. The van der Waals surface area contributed by atoms with E-state index in [1.807, 2.05) is 42.1 Å². The zero-order valence-corrected chi connectivity index (χ0v) is 15.4. The standard InChI is InChI=1S/C20H22N4O3/c1-13(26)22-19-8-14-15(10-24(2)17(14)9-21-19)16-4-3-5-18(23-16)20(11-25)6-7-27-12-20/h3-5,8-10,25H,6-7,11-12H2,1-2H3,(H,21,22,26). The normalized spacial score (nSPS) is 19.5. The molecule has 0 radical (unpaired) electrons. The molecule has 0 spiro atoms. The predicted octanol–water partition coefficient (Wildman–Crippen LogP) is 2.24. The average Bonchev–Trinajstić information content (AvgIpc) is 3.27. The number of hydrogen-bond donors (Lipinski definition) is 2. The molecule has 7 heteroatoms. The highest BCUT2D eigenvalue weighted by Crippen LogP contribution is 2.35. The minimum atomic E-state index is -0.441. The molecule has 1 amide bonds. The molecular formula is C20H22N4O3. The van der Waals surface area contributed by atoms with Gasteiger partial charge in [-0.15, -0.1) is 0 Å². The van der Waals surface area contributed by atoms with Crippen LogP contribution in [0.15, 0.2) is 36.7 Å². The largest absolute Gasteiger partial charge is 0.395 e. The number of anilines is 1. The van der Waals surface area contributed by atoms with Crippen LogP contribution in [0.2, 0.25) is 0 Å². The lowest BCUT2D eigenvalue weighted by Crippen LogP contribution is -2.32. The first-order valence-corrected chi connectivity index (χ1v) is 8.92. The molecule has 1 aliphatic rings. The number of aliphatic hydroxyl groups is 1. The molecule has 140 valence electrons. The minimum Gasteiger partial charge on any atom is -0.395 e. The summed E-state index contributed by atoms with van der Waals surface area (Å²) in [5.41, 5.74) is 3.12. The molecule has 4 heterocycles. The molecule has 3 aromatic rings. The van der Waals surface area contributed by atoms with Crippen LogP contribution in [-0.2, 0) is 22.0 Å². The lowest BCUT2D eigenvalue weighted by atomic mass is 9.84. The number of carbonyl (C=O) groups is 1. The Kier molecular flexibility index (Phi) is 4.41.